The molecule has 1 aliphatic rings. The van der Waals surface area contributed by atoms with Gasteiger partial charge in [0.15, 0.2) is 0 Å². The first kappa shape index (κ1) is 13.0. The number of hydrogen-bond acceptors (Lipinski definition) is 4. The third kappa shape index (κ3) is 2.40. The minimum Gasteiger partial charge on any atom is -0.323 e. The van der Waals surface area contributed by atoms with E-state index in [1.165, 1.54) is 17.0 Å². The molecule has 1 unspecified atom stereocenters. The van der Waals surface area contributed by atoms with E-state index in [9.17, 15) is 14.9 Å². The molecule has 0 radical (unpaired) electrons. The topological polar surface area (TPSA) is 87.2 Å². The average Bonchev–Trinajstić information content (AvgIpc) is 2.86. The number of amides is 1. The van der Waals surface area contributed by atoms with E-state index in [1.807, 2.05) is 0 Å². The molecule has 0 spiro atoms. The van der Waals surface area contributed by atoms with Crippen LogP contribution in [-0.4, -0.2) is 28.3 Å². The maximum Gasteiger partial charge on any atom is 0.270 e. The zero-order valence-corrected chi connectivity index (χ0v) is 10.5. The molecule has 1 aromatic rings. The molecular weight excluding hydrogens is 246 g/mol. The summed E-state index contributed by atoms with van der Waals surface area (Å²) in [5, 5.41) is 19.7. The predicted octanol–water partition coefficient (Wildman–Crippen LogP) is 2.03. The highest BCUT2D eigenvalue weighted by Crippen LogP contribution is 2.23. The molecule has 19 heavy (non-hydrogen) atoms. The Balaban J connectivity index is 2.36. The largest absolute Gasteiger partial charge is 0.323 e. The zero-order chi connectivity index (χ0) is 14.0. The molecule has 2 rings (SSSR count). The Morgan fingerprint density at radius 3 is 2.95 bits per heavy atom. The van der Waals surface area contributed by atoms with Crippen LogP contribution in [0.4, 0.5) is 5.69 Å². The number of carbonyl (C=O) groups excluding carboxylic acids is 1. The molecule has 1 aliphatic heterocycles. The first-order valence-electron chi connectivity index (χ1n) is 6.00. The van der Waals surface area contributed by atoms with Gasteiger partial charge in [0.1, 0.15) is 6.04 Å². The number of nitriles is 1. The molecule has 1 fully saturated rings. The number of nitro groups is 1. The Hall–Kier alpha value is -2.42. The molecule has 98 valence electrons. The lowest BCUT2D eigenvalue weighted by atomic mass is 10.1. The number of benzene rings is 1. The molecule has 1 atom stereocenters. The standard InChI is InChI=1S/C13H13N3O3/c1-9-4-5-10(16(18)19)7-12(9)13(17)15-6-2-3-11(15)8-14/h4-5,7,11H,2-3,6H2,1H3. The lowest BCUT2D eigenvalue weighted by Gasteiger charge is -2.20. The fourth-order valence-electron chi connectivity index (χ4n) is 2.25. The SMILES string of the molecule is Cc1ccc([N+](=O)[O-])cc1C(=O)N1CCCC1C#N. The van der Waals surface area contributed by atoms with Gasteiger partial charge in [0.05, 0.1) is 11.0 Å². The Kier molecular flexibility index (Phi) is 3.47. The third-order valence-corrected chi connectivity index (χ3v) is 3.33. The second-order valence-corrected chi connectivity index (χ2v) is 4.54. The Bertz CT molecular complexity index is 577. The van der Waals surface area contributed by atoms with Crippen molar-refractivity contribution in [3.63, 3.8) is 0 Å². The van der Waals surface area contributed by atoms with Gasteiger partial charge >= 0.3 is 0 Å². The lowest BCUT2D eigenvalue weighted by Crippen LogP contribution is -2.35. The quantitative estimate of drug-likeness (QED) is 0.600. The zero-order valence-electron chi connectivity index (χ0n) is 10.5. The van der Waals surface area contributed by atoms with Crippen LogP contribution in [0.25, 0.3) is 0 Å². The summed E-state index contributed by atoms with van der Waals surface area (Å²) in [5.41, 5.74) is 0.872. The highest BCUT2D eigenvalue weighted by Gasteiger charge is 2.30. The van der Waals surface area contributed by atoms with Crippen LogP contribution < -0.4 is 0 Å². The number of non-ortho nitro benzene ring substituents is 1. The Morgan fingerprint density at radius 2 is 2.32 bits per heavy atom. The molecule has 0 N–H and O–H groups in total. The molecule has 1 amide bonds. The van der Waals surface area contributed by atoms with Crippen LogP contribution in [0, 0.1) is 28.4 Å². The fourth-order valence-corrected chi connectivity index (χ4v) is 2.25. The van der Waals surface area contributed by atoms with Crippen molar-refractivity contribution in [2.24, 2.45) is 0 Å². The van der Waals surface area contributed by atoms with Crippen LogP contribution in [0.2, 0.25) is 0 Å². The van der Waals surface area contributed by atoms with E-state index in [4.69, 9.17) is 5.26 Å². The molecule has 1 heterocycles. The van der Waals surface area contributed by atoms with Crippen molar-refractivity contribution >= 4 is 11.6 Å². The summed E-state index contributed by atoms with van der Waals surface area (Å²) in [5.74, 6) is -0.301. The van der Waals surface area contributed by atoms with Gasteiger partial charge in [-0.15, -0.1) is 0 Å². The highest BCUT2D eigenvalue weighted by molar-refractivity contribution is 5.96. The van der Waals surface area contributed by atoms with E-state index in [-0.39, 0.29) is 11.6 Å². The highest BCUT2D eigenvalue weighted by atomic mass is 16.6. The van der Waals surface area contributed by atoms with E-state index in [2.05, 4.69) is 6.07 Å². The summed E-state index contributed by atoms with van der Waals surface area (Å²) < 4.78 is 0. The van der Waals surface area contributed by atoms with Crippen LogP contribution >= 0.6 is 0 Å². The van der Waals surface area contributed by atoms with Crippen molar-refractivity contribution in [2.45, 2.75) is 25.8 Å². The predicted molar refractivity (Wildman–Crippen MR) is 67.5 cm³/mol. The van der Waals surface area contributed by atoms with Gasteiger partial charge in [-0.2, -0.15) is 5.26 Å². The van der Waals surface area contributed by atoms with E-state index in [0.717, 1.165) is 6.42 Å². The van der Waals surface area contributed by atoms with Gasteiger partial charge in [-0.25, -0.2) is 0 Å². The van der Waals surface area contributed by atoms with E-state index < -0.39 is 11.0 Å². The van der Waals surface area contributed by atoms with Crippen molar-refractivity contribution in [3.8, 4) is 6.07 Å². The summed E-state index contributed by atoms with van der Waals surface area (Å²) in [6, 6.07) is 5.88. The summed E-state index contributed by atoms with van der Waals surface area (Å²) in [6.07, 6.45) is 1.45. The molecule has 0 saturated carbocycles. The number of rotatable bonds is 2. The Labute approximate surface area is 110 Å². The first-order valence-corrected chi connectivity index (χ1v) is 6.00. The maximum absolute atomic E-state index is 12.4. The van der Waals surface area contributed by atoms with Crippen molar-refractivity contribution in [3.05, 3.63) is 39.4 Å². The van der Waals surface area contributed by atoms with Gasteiger partial charge in [-0.1, -0.05) is 6.07 Å². The molecule has 0 aliphatic carbocycles. The number of likely N-dealkylation sites (tertiary alicyclic amines) is 1. The summed E-state index contributed by atoms with van der Waals surface area (Å²) in [7, 11) is 0. The molecule has 0 bridgehead atoms. The van der Waals surface area contributed by atoms with Gasteiger partial charge in [-0.3, -0.25) is 14.9 Å². The molecule has 6 heteroatoms. The molecule has 0 aromatic heterocycles. The van der Waals surface area contributed by atoms with Gasteiger partial charge < -0.3 is 4.90 Å². The van der Waals surface area contributed by atoms with Crippen LogP contribution in [-0.2, 0) is 0 Å². The van der Waals surface area contributed by atoms with Crippen LogP contribution in [0.5, 0.6) is 0 Å². The molecule has 1 saturated heterocycles. The van der Waals surface area contributed by atoms with Gasteiger partial charge in [0.2, 0.25) is 0 Å². The number of hydrogen-bond donors (Lipinski definition) is 0. The minimum absolute atomic E-state index is 0.110. The number of carbonyl (C=O) groups is 1. The van der Waals surface area contributed by atoms with Crippen LogP contribution in [0.1, 0.15) is 28.8 Å². The second-order valence-electron chi connectivity index (χ2n) is 4.54. The van der Waals surface area contributed by atoms with Crippen molar-refractivity contribution in [1.29, 1.82) is 5.26 Å². The molecular formula is C13H13N3O3. The molecule has 1 aromatic carbocycles. The number of nitro benzene ring substituents is 1. The normalized spacial score (nSPS) is 18.1. The third-order valence-electron chi connectivity index (χ3n) is 3.33. The van der Waals surface area contributed by atoms with Crippen LogP contribution in [0.15, 0.2) is 18.2 Å². The number of nitrogens with zero attached hydrogens (tertiary/aromatic N) is 3. The van der Waals surface area contributed by atoms with Gasteiger partial charge in [0, 0.05) is 24.2 Å². The summed E-state index contributed by atoms with van der Waals surface area (Å²) >= 11 is 0. The van der Waals surface area contributed by atoms with Crippen molar-refractivity contribution < 1.29 is 9.72 Å². The Morgan fingerprint density at radius 1 is 1.58 bits per heavy atom. The smallest absolute Gasteiger partial charge is 0.270 e. The number of aryl methyl sites for hydroxylation is 1. The van der Waals surface area contributed by atoms with Gasteiger partial charge in [-0.05, 0) is 25.3 Å². The van der Waals surface area contributed by atoms with Gasteiger partial charge in [0.25, 0.3) is 11.6 Å². The minimum atomic E-state index is -0.526. The maximum atomic E-state index is 12.4. The monoisotopic (exact) mass is 259 g/mol. The lowest BCUT2D eigenvalue weighted by molar-refractivity contribution is -0.384. The van der Waals surface area contributed by atoms with Crippen molar-refractivity contribution in [1.82, 2.24) is 4.90 Å². The summed E-state index contributed by atoms with van der Waals surface area (Å²) in [4.78, 5) is 24.1. The first-order chi connectivity index (χ1) is 9.04. The second kappa shape index (κ2) is 5.06. The van der Waals surface area contributed by atoms with E-state index in [1.54, 1.807) is 13.0 Å². The molecule has 6 nitrogen and oxygen atoms in total. The fraction of sp³-hybridized carbons (Fsp3) is 0.385. The average molecular weight is 259 g/mol. The van der Waals surface area contributed by atoms with E-state index in [0.29, 0.717) is 24.1 Å². The van der Waals surface area contributed by atoms with E-state index >= 15 is 0 Å². The van der Waals surface area contributed by atoms with Crippen LogP contribution in [0.3, 0.4) is 0 Å². The van der Waals surface area contributed by atoms with Crippen molar-refractivity contribution in [2.75, 3.05) is 6.54 Å². The summed E-state index contributed by atoms with van der Waals surface area (Å²) in [6.45, 7) is 2.26.